The van der Waals surface area contributed by atoms with Crippen molar-refractivity contribution in [3.05, 3.63) is 37.5 Å². The molecule has 0 fully saturated rings. The van der Waals surface area contributed by atoms with Crippen LogP contribution in [0.5, 0.6) is 0 Å². The van der Waals surface area contributed by atoms with Crippen LogP contribution in [0.1, 0.15) is 34.6 Å². The number of aldehydes is 1. The average molecular weight is 294 g/mol. The van der Waals surface area contributed by atoms with E-state index in [0.717, 1.165) is 6.29 Å². The summed E-state index contributed by atoms with van der Waals surface area (Å²) < 4.78 is 4.75. The molecule has 0 aliphatic rings. The third-order valence-corrected chi connectivity index (χ3v) is 3.44. The molecule has 0 bridgehead atoms. The molecule has 3 nitrogen and oxygen atoms in total. The van der Waals surface area contributed by atoms with E-state index >= 15 is 0 Å². The quantitative estimate of drug-likeness (QED) is 0.291. The Morgan fingerprint density at radius 3 is 1.81 bits per heavy atom. The van der Waals surface area contributed by atoms with Crippen molar-refractivity contribution in [1.82, 2.24) is 0 Å². The van der Waals surface area contributed by atoms with Crippen molar-refractivity contribution in [2.45, 2.75) is 34.6 Å². The third kappa shape index (κ3) is 11.9. The van der Waals surface area contributed by atoms with Crippen LogP contribution in [0.4, 0.5) is 0 Å². The molecular weight excluding hydrogens is 264 g/mol. The molecule has 3 heteroatoms. The van der Waals surface area contributed by atoms with E-state index < -0.39 is 0 Å². The largest absolute Gasteiger partial charge is 0.463 e. The summed E-state index contributed by atoms with van der Waals surface area (Å²) in [5, 5.41) is 0. The Balaban J connectivity index is 0. The summed E-state index contributed by atoms with van der Waals surface area (Å²) in [7, 11) is 0. The van der Waals surface area contributed by atoms with Gasteiger partial charge in [0.15, 0.2) is 0 Å². The maximum atomic E-state index is 10.9. The smallest absolute Gasteiger partial charge is 0.330 e. The fourth-order valence-corrected chi connectivity index (χ4v) is 1.15. The molecule has 0 rings (SSSR count). The van der Waals surface area contributed by atoms with Gasteiger partial charge in [-0.15, -0.1) is 13.2 Å². The van der Waals surface area contributed by atoms with Crippen molar-refractivity contribution in [3.63, 3.8) is 0 Å². The highest BCUT2D eigenvalue weighted by molar-refractivity contribution is 5.81. The molecule has 0 aromatic rings. The Bertz CT molecular complexity index is 332. The third-order valence-electron chi connectivity index (χ3n) is 3.44. The Hall–Kier alpha value is -1.64. The summed E-state index contributed by atoms with van der Waals surface area (Å²) in [5.74, 6) is 0.859. The van der Waals surface area contributed by atoms with Gasteiger partial charge >= 0.3 is 5.97 Å². The molecule has 21 heavy (non-hydrogen) atoms. The van der Waals surface area contributed by atoms with Crippen LogP contribution in [0.15, 0.2) is 37.5 Å². The lowest BCUT2D eigenvalue weighted by molar-refractivity contribution is -0.137. The van der Waals surface area contributed by atoms with Gasteiger partial charge in [-0.3, -0.25) is 0 Å². The minimum absolute atomic E-state index is 0.118. The molecule has 120 valence electrons. The highest BCUT2D eigenvalue weighted by Gasteiger charge is 2.05. The van der Waals surface area contributed by atoms with Crippen LogP contribution in [0.3, 0.4) is 0 Å². The topological polar surface area (TPSA) is 43.4 Å². The molecular formula is C18H30O3. The number of rotatable bonds is 8. The average Bonchev–Trinajstić information content (AvgIpc) is 2.50. The number of hydrogen-bond donors (Lipinski definition) is 0. The number of carbonyl (C=O) groups excluding carboxylic acids is 2. The van der Waals surface area contributed by atoms with Gasteiger partial charge in [-0.1, -0.05) is 45.9 Å². The first-order chi connectivity index (χ1) is 9.83. The Kier molecular flexibility index (Phi) is 13.8. The normalized spacial score (nSPS) is 15.9. The van der Waals surface area contributed by atoms with E-state index in [1.54, 1.807) is 13.0 Å². The maximum Gasteiger partial charge on any atom is 0.330 e. The zero-order valence-corrected chi connectivity index (χ0v) is 14.0. The van der Waals surface area contributed by atoms with Crippen molar-refractivity contribution in [2.24, 2.45) is 23.7 Å². The molecule has 0 heterocycles. The first-order valence-corrected chi connectivity index (χ1v) is 7.39. The van der Waals surface area contributed by atoms with Crippen LogP contribution in [0.25, 0.3) is 0 Å². The highest BCUT2D eigenvalue weighted by Crippen LogP contribution is 2.12. The van der Waals surface area contributed by atoms with E-state index in [-0.39, 0.29) is 11.9 Å². The van der Waals surface area contributed by atoms with Crippen LogP contribution in [0, 0.1) is 23.7 Å². The number of carbonyl (C=O) groups is 2. The molecule has 0 unspecified atom stereocenters. The summed E-state index contributed by atoms with van der Waals surface area (Å²) in [6.07, 6.45) is 7.95. The van der Waals surface area contributed by atoms with Crippen molar-refractivity contribution in [3.8, 4) is 0 Å². The van der Waals surface area contributed by atoms with Gasteiger partial charge in [0, 0.05) is 12.0 Å². The van der Waals surface area contributed by atoms with E-state index in [9.17, 15) is 9.59 Å². The van der Waals surface area contributed by atoms with Gasteiger partial charge in [0.25, 0.3) is 0 Å². The first-order valence-electron chi connectivity index (χ1n) is 7.39. The lowest BCUT2D eigenvalue weighted by atomic mass is 9.96. The van der Waals surface area contributed by atoms with Gasteiger partial charge in [0.1, 0.15) is 6.29 Å². The SMILES string of the molecule is C=C[C@H](C)[C@@H](C)/C=C/C(=O)OCC.C=C[C@H](C)[C@@H](C)C=O. The van der Waals surface area contributed by atoms with Crippen molar-refractivity contribution < 1.29 is 14.3 Å². The van der Waals surface area contributed by atoms with E-state index in [0.29, 0.717) is 24.4 Å². The molecule has 0 saturated heterocycles. The summed E-state index contributed by atoms with van der Waals surface area (Å²) in [4.78, 5) is 21.0. The Labute approximate surface area is 129 Å². The summed E-state index contributed by atoms with van der Waals surface area (Å²) >= 11 is 0. The Morgan fingerprint density at radius 2 is 1.48 bits per heavy atom. The van der Waals surface area contributed by atoms with E-state index in [1.165, 1.54) is 6.08 Å². The van der Waals surface area contributed by atoms with Crippen molar-refractivity contribution >= 4 is 12.3 Å². The molecule has 0 spiro atoms. The second-order valence-corrected chi connectivity index (χ2v) is 5.16. The van der Waals surface area contributed by atoms with Crippen LogP contribution >= 0.6 is 0 Å². The van der Waals surface area contributed by atoms with Crippen LogP contribution < -0.4 is 0 Å². The molecule has 0 saturated carbocycles. The lowest BCUT2D eigenvalue weighted by Crippen LogP contribution is -2.04. The molecule has 0 radical (unpaired) electrons. The number of allylic oxidation sites excluding steroid dienone is 3. The van der Waals surface area contributed by atoms with Gasteiger partial charge < -0.3 is 9.53 Å². The molecule has 0 aliphatic heterocycles. The van der Waals surface area contributed by atoms with Crippen LogP contribution in [0.2, 0.25) is 0 Å². The zero-order chi connectivity index (χ0) is 16.8. The highest BCUT2D eigenvalue weighted by atomic mass is 16.5. The summed E-state index contributed by atoms with van der Waals surface area (Å²) in [6.45, 7) is 17.5. The number of hydrogen-bond acceptors (Lipinski definition) is 3. The van der Waals surface area contributed by atoms with E-state index in [1.807, 2.05) is 32.9 Å². The minimum atomic E-state index is -0.273. The van der Waals surface area contributed by atoms with Gasteiger partial charge in [-0.2, -0.15) is 0 Å². The van der Waals surface area contributed by atoms with Gasteiger partial charge in [-0.25, -0.2) is 4.79 Å². The standard InChI is InChI=1S/C11H18O2.C7H12O/c1-5-9(3)10(4)7-8-11(12)13-6-2;1-4-6(2)7(3)5-8/h5,7-10H,1,6H2,2-4H3;4-7H,1H2,2-3H3/b8-7+;/t9-,10-;6-,7-/m00/s1. The monoisotopic (exact) mass is 294 g/mol. The van der Waals surface area contributed by atoms with Gasteiger partial charge in [-0.05, 0) is 24.7 Å². The molecule has 0 aromatic heterocycles. The van der Waals surface area contributed by atoms with Crippen LogP contribution in [-0.4, -0.2) is 18.9 Å². The first kappa shape index (κ1) is 21.7. The molecule has 0 amide bonds. The predicted octanol–water partition coefficient (Wildman–Crippen LogP) is 4.21. The van der Waals surface area contributed by atoms with Crippen molar-refractivity contribution in [2.75, 3.05) is 6.61 Å². The number of ether oxygens (including phenoxy) is 1. The zero-order valence-electron chi connectivity index (χ0n) is 14.0. The lowest BCUT2D eigenvalue weighted by Gasteiger charge is -2.10. The summed E-state index contributed by atoms with van der Waals surface area (Å²) in [5.41, 5.74) is 0. The molecule has 0 aromatic carbocycles. The molecule has 0 aliphatic carbocycles. The predicted molar refractivity (Wildman–Crippen MR) is 88.9 cm³/mol. The molecule has 4 atom stereocenters. The second kappa shape index (κ2) is 13.3. The maximum absolute atomic E-state index is 10.9. The fourth-order valence-electron chi connectivity index (χ4n) is 1.15. The minimum Gasteiger partial charge on any atom is -0.463 e. The Morgan fingerprint density at radius 1 is 1.00 bits per heavy atom. The van der Waals surface area contributed by atoms with Gasteiger partial charge in [0.2, 0.25) is 0 Å². The van der Waals surface area contributed by atoms with Crippen LogP contribution in [-0.2, 0) is 14.3 Å². The fraction of sp³-hybridized carbons (Fsp3) is 0.556. The summed E-state index contributed by atoms with van der Waals surface area (Å²) in [6, 6.07) is 0. The number of esters is 1. The van der Waals surface area contributed by atoms with Crippen molar-refractivity contribution in [1.29, 1.82) is 0 Å². The van der Waals surface area contributed by atoms with E-state index in [4.69, 9.17) is 4.74 Å². The van der Waals surface area contributed by atoms with E-state index in [2.05, 4.69) is 20.1 Å². The van der Waals surface area contributed by atoms with Gasteiger partial charge in [0.05, 0.1) is 6.61 Å². The molecule has 0 N–H and O–H groups in total. The second-order valence-electron chi connectivity index (χ2n) is 5.16.